The van der Waals surface area contributed by atoms with Gasteiger partial charge in [-0.2, -0.15) is 0 Å². The van der Waals surface area contributed by atoms with Crippen molar-refractivity contribution in [1.29, 1.82) is 0 Å². The van der Waals surface area contributed by atoms with Crippen molar-refractivity contribution >= 4 is 28.3 Å². The highest BCUT2D eigenvalue weighted by atomic mass is 32.1. The minimum absolute atomic E-state index is 0.0165. The van der Waals surface area contributed by atoms with Gasteiger partial charge in [-0.15, -0.1) is 11.3 Å². The summed E-state index contributed by atoms with van der Waals surface area (Å²) >= 11 is 1.36. The fourth-order valence-electron chi connectivity index (χ4n) is 2.47. The quantitative estimate of drug-likeness (QED) is 0.630. The van der Waals surface area contributed by atoms with Gasteiger partial charge in [0.15, 0.2) is 5.13 Å². The molecule has 0 saturated heterocycles. The zero-order chi connectivity index (χ0) is 19.6. The second-order valence-corrected chi connectivity index (χ2v) is 6.89. The lowest BCUT2D eigenvalue weighted by Gasteiger charge is -2.22. The normalized spacial score (nSPS) is 10.5. The molecule has 0 spiro atoms. The number of carbonyl (C=O) groups excluding carboxylic acids is 2. The van der Waals surface area contributed by atoms with Gasteiger partial charge in [-0.05, 0) is 31.0 Å². The topological polar surface area (TPSA) is 80.8 Å². The molecule has 2 amide bonds. The van der Waals surface area contributed by atoms with Gasteiger partial charge in [0.1, 0.15) is 5.75 Å². The van der Waals surface area contributed by atoms with E-state index < -0.39 is 0 Å². The van der Waals surface area contributed by atoms with Gasteiger partial charge in [-0.25, -0.2) is 4.98 Å². The molecule has 0 unspecified atom stereocenters. The van der Waals surface area contributed by atoms with E-state index in [1.807, 2.05) is 36.6 Å². The second-order valence-electron chi connectivity index (χ2n) is 6.03. The number of thiazole rings is 1. The van der Waals surface area contributed by atoms with Crippen LogP contribution in [-0.4, -0.2) is 55.6 Å². The van der Waals surface area contributed by atoms with Gasteiger partial charge in [0.05, 0.1) is 25.8 Å². The highest BCUT2D eigenvalue weighted by molar-refractivity contribution is 7.13. The molecule has 0 aliphatic heterocycles. The third-order valence-electron chi connectivity index (χ3n) is 3.84. The fraction of sp³-hybridized carbons (Fsp3) is 0.421. The van der Waals surface area contributed by atoms with Gasteiger partial charge in [-0.3, -0.25) is 9.59 Å². The summed E-state index contributed by atoms with van der Waals surface area (Å²) in [4.78, 5) is 30.8. The zero-order valence-corrected chi connectivity index (χ0v) is 16.7. The number of hydrogen-bond donors (Lipinski definition) is 1. The van der Waals surface area contributed by atoms with E-state index in [1.165, 1.54) is 11.3 Å². The Bertz CT molecular complexity index is 746. The lowest BCUT2D eigenvalue weighted by Crippen LogP contribution is -2.39. The lowest BCUT2D eigenvalue weighted by atomic mass is 10.1. The van der Waals surface area contributed by atoms with Crippen molar-refractivity contribution < 1.29 is 19.1 Å². The second kappa shape index (κ2) is 10.6. The van der Waals surface area contributed by atoms with E-state index in [-0.39, 0.29) is 24.8 Å². The molecule has 1 aromatic heterocycles. The summed E-state index contributed by atoms with van der Waals surface area (Å²) < 4.78 is 10.2. The first kappa shape index (κ1) is 20.9. The number of methoxy groups -OCH3 is 2. The van der Waals surface area contributed by atoms with Crippen LogP contribution in [0.2, 0.25) is 0 Å². The minimum Gasteiger partial charge on any atom is -0.497 e. The van der Waals surface area contributed by atoms with Gasteiger partial charge in [0.2, 0.25) is 11.8 Å². The van der Waals surface area contributed by atoms with Gasteiger partial charge >= 0.3 is 0 Å². The smallest absolute Gasteiger partial charge is 0.245 e. The summed E-state index contributed by atoms with van der Waals surface area (Å²) in [5.41, 5.74) is 1.72. The minimum atomic E-state index is -0.259. The van der Waals surface area contributed by atoms with Crippen molar-refractivity contribution in [3.05, 3.63) is 40.9 Å². The molecule has 2 aromatic rings. The Kier molecular flexibility index (Phi) is 8.22. The van der Waals surface area contributed by atoms with Crippen molar-refractivity contribution in [3.63, 3.8) is 0 Å². The molecule has 1 aromatic carbocycles. The molecule has 0 aliphatic rings. The lowest BCUT2D eigenvalue weighted by molar-refractivity contribution is -0.134. The molecule has 0 fully saturated rings. The van der Waals surface area contributed by atoms with Crippen molar-refractivity contribution in [2.45, 2.75) is 19.8 Å². The standard InChI is InChI=1S/C19H25N3O4S/c1-14-13-27-19(20-14)21-17(23)12-22(9-4-10-25-2)18(24)11-15-5-7-16(26-3)8-6-15/h5-8,13H,4,9-12H2,1-3H3,(H,20,21,23). The monoisotopic (exact) mass is 391 g/mol. The number of carbonyl (C=O) groups is 2. The zero-order valence-electron chi connectivity index (χ0n) is 15.9. The number of benzene rings is 1. The number of nitrogens with zero attached hydrogens (tertiary/aromatic N) is 2. The summed E-state index contributed by atoms with van der Waals surface area (Å²) in [6.07, 6.45) is 0.884. The van der Waals surface area contributed by atoms with Crippen LogP contribution in [-0.2, 0) is 20.7 Å². The van der Waals surface area contributed by atoms with Gasteiger partial charge in [-0.1, -0.05) is 12.1 Å². The third kappa shape index (κ3) is 6.99. The third-order valence-corrected chi connectivity index (χ3v) is 4.72. The molecule has 27 heavy (non-hydrogen) atoms. The molecule has 0 atom stereocenters. The first-order valence-corrected chi connectivity index (χ1v) is 9.51. The molecule has 0 radical (unpaired) electrons. The van der Waals surface area contributed by atoms with Crippen LogP contribution in [0.25, 0.3) is 0 Å². The molecular weight excluding hydrogens is 366 g/mol. The van der Waals surface area contributed by atoms with E-state index in [4.69, 9.17) is 9.47 Å². The number of rotatable bonds is 10. The first-order chi connectivity index (χ1) is 13.0. The van der Waals surface area contributed by atoms with Crippen LogP contribution in [0.1, 0.15) is 17.7 Å². The van der Waals surface area contributed by atoms with E-state index in [2.05, 4.69) is 10.3 Å². The molecule has 1 heterocycles. The number of anilines is 1. The van der Waals surface area contributed by atoms with Crippen molar-refractivity contribution in [1.82, 2.24) is 9.88 Å². The Labute approximate surface area is 163 Å². The average molecular weight is 391 g/mol. The maximum absolute atomic E-state index is 12.7. The van der Waals surface area contributed by atoms with E-state index in [0.29, 0.717) is 24.7 Å². The van der Waals surface area contributed by atoms with Gasteiger partial charge in [0.25, 0.3) is 0 Å². The molecule has 7 nitrogen and oxygen atoms in total. The van der Waals surface area contributed by atoms with Crippen LogP contribution in [0.3, 0.4) is 0 Å². The molecule has 1 N–H and O–H groups in total. The largest absolute Gasteiger partial charge is 0.497 e. The Hall–Kier alpha value is -2.45. The molecule has 146 valence electrons. The van der Waals surface area contributed by atoms with Crippen molar-refractivity contribution in [2.24, 2.45) is 0 Å². The fourth-order valence-corrected chi connectivity index (χ4v) is 3.17. The van der Waals surface area contributed by atoms with Crippen LogP contribution < -0.4 is 10.1 Å². The first-order valence-electron chi connectivity index (χ1n) is 8.63. The molecule has 0 saturated carbocycles. The highest BCUT2D eigenvalue weighted by Gasteiger charge is 2.18. The molecule has 0 aliphatic carbocycles. The summed E-state index contributed by atoms with van der Waals surface area (Å²) in [5, 5.41) is 5.14. The van der Waals surface area contributed by atoms with Crippen LogP contribution in [0.4, 0.5) is 5.13 Å². The molecular formula is C19H25N3O4S. The number of amides is 2. The predicted octanol–water partition coefficient (Wildman–Crippen LogP) is 2.51. The van der Waals surface area contributed by atoms with Crippen LogP contribution >= 0.6 is 11.3 Å². The van der Waals surface area contributed by atoms with Crippen LogP contribution in [0, 0.1) is 6.92 Å². The van der Waals surface area contributed by atoms with Crippen molar-refractivity contribution in [3.8, 4) is 5.75 Å². The van der Waals surface area contributed by atoms with E-state index in [0.717, 1.165) is 17.0 Å². The Morgan fingerprint density at radius 2 is 1.96 bits per heavy atom. The van der Waals surface area contributed by atoms with E-state index in [1.54, 1.807) is 19.1 Å². The summed E-state index contributed by atoms with van der Waals surface area (Å²) in [5.74, 6) is 0.368. The van der Waals surface area contributed by atoms with Crippen LogP contribution in [0.15, 0.2) is 29.6 Å². The summed E-state index contributed by atoms with van der Waals surface area (Å²) in [6, 6.07) is 7.33. The van der Waals surface area contributed by atoms with Gasteiger partial charge < -0.3 is 19.7 Å². The number of hydrogen-bond acceptors (Lipinski definition) is 6. The van der Waals surface area contributed by atoms with E-state index >= 15 is 0 Å². The summed E-state index contributed by atoms with van der Waals surface area (Å²) in [7, 11) is 3.21. The number of aromatic nitrogens is 1. The highest BCUT2D eigenvalue weighted by Crippen LogP contribution is 2.15. The Balaban J connectivity index is 1.97. The van der Waals surface area contributed by atoms with Gasteiger partial charge in [0, 0.05) is 25.6 Å². The number of nitrogens with one attached hydrogen (secondary N) is 1. The molecule has 0 bridgehead atoms. The Morgan fingerprint density at radius 3 is 2.56 bits per heavy atom. The van der Waals surface area contributed by atoms with E-state index in [9.17, 15) is 9.59 Å². The SMILES string of the molecule is COCCCN(CC(=O)Nc1nc(C)cs1)C(=O)Cc1ccc(OC)cc1. The number of ether oxygens (including phenoxy) is 2. The number of aryl methyl sites for hydroxylation is 1. The molecule has 8 heteroatoms. The molecule has 2 rings (SSSR count). The summed E-state index contributed by atoms with van der Waals surface area (Å²) in [6.45, 7) is 2.83. The maximum Gasteiger partial charge on any atom is 0.245 e. The average Bonchev–Trinajstić information content (AvgIpc) is 3.06. The predicted molar refractivity (Wildman–Crippen MR) is 105 cm³/mol. The van der Waals surface area contributed by atoms with Crippen LogP contribution in [0.5, 0.6) is 5.75 Å². The maximum atomic E-state index is 12.7. The van der Waals surface area contributed by atoms with Crippen molar-refractivity contribution in [2.75, 3.05) is 39.2 Å². The Morgan fingerprint density at radius 1 is 1.22 bits per heavy atom.